The van der Waals surface area contributed by atoms with Gasteiger partial charge in [0.15, 0.2) is 0 Å². The number of hydrogen-bond acceptors (Lipinski definition) is 6. The van der Waals surface area contributed by atoms with Gasteiger partial charge in [-0.25, -0.2) is 4.98 Å². The number of thiophene rings is 1. The first kappa shape index (κ1) is 13.2. The standard InChI is InChI=1S/C11H15N3O3S/c1-17-6-7(5-15)12-4-9-13-8-2-3-18-10(8)11(16)14-9/h2-3,7,12,15H,4-6H2,1H3,(H,13,14,16). The summed E-state index contributed by atoms with van der Waals surface area (Å²) in [6, 6.07) is 1.65. The summed E-state index contributed by atoms with van der Waals surface area (Å²) in [6.45, 7) is 0.760. The van der Waals surface area contributed by atoms with Crippen molar-refractivity contribution in [2.75, 3.05) is 20.3 Å². The van der Waals surface area contributed by atoms with Crippen LogP contribution in [0.4, 0.5) is 0 Å². The Labute approximate surface area is 108 Å². The van der Waals surface area contributed by atoms with E-state index in [0.717, 1.165) is 0 Å². The van der Waals surface area contributed by atoms with Crippen molar-refractivity contribution in [3.63, 3.8) is 0 Å². The molecule has 6 nitrogen and oxygen atoms in total. The summed E-state index contributed by atoms with van der Waals surface area (Å²) in [5.74, 6) is 0.556. The second-order valence-corrected chi connectivity index (χ2v) is 4.78. The van der Waals surface area contributed by atoms with Gasteiger partial charge in [-0.2, -0.15) is 0 Å². The molecule has 7 heteroatoms. The third-order valence-corrected chi connectivity index (χ3v) is 3.41. The van der Waals surface area contributed by atoms with E-state index < -0.39 is 0 Å². The van der Waals surface area contributed by atoms with Crippen LogP contribution in [-0.4, -0.2) is 41.4 Å². The lowest BCUT2D eigenvalue weighted by atomic mass is 10.3. The van der Waals surface area contributed by atoms with Crippen LogP contribution in [0.2, 0.25) is 0 Å². The third kappa shape index (κ3) is 2.94. The molecule has 0 saturated heterocycles. The molecule has 3 N–H and O–H groups in total. The van der Waals surface area contributed by atoms with Crippen molar-refractivity contribution in [2.24, 2.45) is 0 Å². The van der Waals surface area contributed by atoms with Crippen molar-refractivity contribution in [1.29, 1.82) is 0 Å². The Bertz CT molecular complexity index is 566. The van der Waals surface area contributed by atoms with Crippen molar-refractivity contribution >= 4 is 21.6 Å². The van der Waals surface area contributed by atoms with Crippen LogP contribution in [0.25, 0.3) is 10.2 Å². The van der Waals surface area contributed by atoms with Gasteiger partial charge in [0.2, 0.25) is 0 Å². The number of aliphatic hydroxyl groups is 1. The second kappa shape index (κ2) is 6.05. The number of aliphatic hydroxyl groups excluding tert-OH is 1. The Morgan fingerprint density at radius 3 is 3.22 bits per heavy atom. The molecule has 0 aliphatic heterocycles. The normalized spacial score (nSPS) is 13.0. The highest BCUT2D eigenvalue weighted by atomic mass is 32.1. The van der Waals surface area contributed by atoms with E-state index in [4.69, 9.17) is 9.84 Å². The number of nitrogens with one attached hydrogen (secondary N) is 2. The molecular formula is C11H15N3O3S. The molecule has 0 amide bonds. The van der Waals surface area contributed by atoms with E-state index in [1.54, 1.807) is 7.11 Å². The molecule has 2 rings (SSSR count). The Morgan fingerprint density at radius 1 is 1.67 bits per heavy atom. The lowest BCUT2D eigenvalue weighted by Crippen LogP contribution is -2.36. The average Bonchev–Trinajstić information content (AvgIpc) is 2.83. The van der Waals surface area contributed by atoms with Crippen LogP contribution in [0.1, 0.15) is 5.82 Å². The molecule has 2 heterocycles. The van der Waals surface area contributed by atoms with Gasteiger partial charge in [-0.15, -0.1) is 11.3 Å². The molecule has 0 radical (unpaired) electrons. The zero-order valence-corrected chi connectivity index (χ0v) is 10.8. The van der Waals surface area contributed by atoms with Crippen LogP contribution in [0.3, 0.4) is 0 Å². The van der Waals surface area contributed by atoms with Gasteiger partial charge in [0.1, 0.15) is 10.5 Å². The minimum Gasteiger partial charge on any atom is -0.395 e. The van der Waals surface area contributed by atoms with E-state index in [1.807, 2.05) is 11.4 Å². The molecule has 0 spiro atoms. The molecule has 0 aliphatic rings. The predicted octanol–water partition coefficient (Wildman–Crippen LogP) is 0.0815. The Kier molecular flexibility index (Phi) is 4.43. The molecule has 0 aromatic carbocycles. The van der Waals surface area contributed by atoms with E-state index in [0.29, 0.717) is 29.2 Å². The average molecular weight is 269 g/mol. The highest BCUT2D eigenvalue weighted by Crippen LogP contribution is 2.13. The van der Waals surface area contributed by atoms with Crippen LogP contribution in [0, 0.1) is 0 Å². The summed E-state index contributed by atoms with van der Waals surface area (Å²) in [5.41, 5.74) is 0.576. The highest BCUT2D eigenvalue weighted by Gasteiger charge is 2.08. The van der Waals surface area contributed by atoms with Crippen LogP contribution in [0.5, 0.6) is 0 Å². The molecule has 0 bridgehead atoms. The second-order valence-electron chi connectivity index (χ2n) is 3.86. The largest absolute Gasteiger partial charge is 0.395 e. The Hall–Kier alpha value is -1.28. The number of aromatic amines is 1. The van der Waals surface area contributed by atoms with Gasteiger partial charge in [0, 0.05) is 7.11 Å². The molecule has 0 fully saturated rings. The van der Waals surface area contributed by atoms with Crippen LogP contribution in [0.15, 0.2) is 16.2 Å². The summed E-state index contributed by atoms with van der Waals surface area (Å²) < 4.78 is 5.59. The van der Waals surface area contributed by atoms with E-state index in [9.17, 15) is 4.79 Å². The smallest absolute Gasteiger partial charge is 0.268 e. The summed E-state index contributed by atoms with van der Waals surface area (Å²) in [5, 5.41) is 14.0. The molecule has 1 atom stereocenters. The van der Waals surface area contributed by atoms with Crippen molar-refractivity contribution in [3.8, 4) is 0 Å². The number of nitrogens with zero attached hydrogens (tertiary/aromatic N) is 1. The zero-order chi connectivity index (χ0) is 13.0. The van der Waals surface area contributed by atoms with Crippen LogP contribution < -0.4 is 10.9 Å². The maximum atomic E-state index is 11.7. The van der Waals surface area contributed by atoms with Gasteiger partial charge < -0.3 is 20.1 Å². The predicted molar refractivity (Wildman–Crippen MR) is 69.8 cm³/mol. The van der Waals surface area contributed by atoms with Crippen LogP contribution >= 0.6 is 11.3 Å². The number of fused-ring (bicyclic) bond motifs is 1. The molecule has 18 heavy (non-hydrogen) atoms. The van der Waals surface area contributed by atoms with Gasteiger partial charge in [0.05, 0.1) is 31.3 Å². The lowest BCUT2D eigenvalue weighted by molar-refractivity contribution is 0.127. The van der Waals surface area contributed by atoms with Crippen molar-refractivity contribution < 1.29 is 9.84 Å². The minimum atomic E-state index is -0.168. The van der Waals surface area contributed by atoms with E-state index in [-0.39, 0.29) is 18.2 Å². The maximum Gasteiger partial charge on any atom is 0.268 e. The molecule has 2 aromatic rings. The zero-order valence-electron chi connectivity index (χ0n) is 9.97. The van der Waals surface area contributed by atoms with Crippen molar-refractivity contribution in [2.45, 2.75) is 12.6 Å². The SMILES string of the molecule is COCC(CO)NCc1nc2ccsc2c(=O)[nH]1. The van der Waals surface area contributed by atoms with Crippen molar-refractivity contribution in [3.05, 3.63) is 27.6 Å². The lowest BCUT2D eigenvalue weighted by Gasteiger charge is -2.14. The maximum absolute atomic E-state index is 11.7. The topological polar surface area (TPSA) is 87.2 Å². The Morgan fingerprint density at radius 2 is 2.50 bits per heavy atom. The number of aromatic nitrogens is 2. The highest BCUT2D eigenvalue weighted by molar-refractivity contribution is 7.17. The fourth-order valence-corrected chi connectivity index (χ4v) is 2.35. The first-order valence-electron chi connectivity index (χ1n) is 5.54. The summed E-state index contributed by atoms with van der Waals surface area (Å²) >= 11 is 1.37. The fraction of sp³-hybridized carbons (Fsp3) is 0.455. The fourth-order valence-electron chi connectivity index (χ4n) is 1.62. The summed E-state index contributed by atoms with van der Waals surface area (Å²) in [7, 11) is 1.57. The van der Waals surface area contributed by atoms with E-state index >= 15 is 0 Å². The third-order valence-electron chi connectivity index (χ3n) is 2.51. The quantitative estimate of drug-likeness (QED) is 0.691. The van der Waals surface area contributed by atoms with Gasteiger partial charge >= 0.3 is 0 Å². The molecule has 0 aliphatic carbocycles. The number of ether oxygens (including phenoxy) is 1. The summed E-state index contributed by atoms with van der Waals surface area (Å²) in [6.07, 6.45) is 0. The minimum absolute atomic E-state index is 0.0290. The van der Waals surface area contributed by atoms with Gasteiger partial charge in [0.25, 0.3) is 5.56 Å². The molecule has 2 aromatic heterocycles. The van der Waals surface area contributed by atoms with E-state index in [1.165, 1.54) is 11.3 Å². The van der Waals surface area contributed by atoms with Crippen molar-refractivity contribution in [1.82, 2.24) is 15.3 Å². The van der Waals surface area contributed by atoms with Gasteiger partial charge in [-0.05, 0) is 11.4 Å². The molecule has 98 valence electrons. The molecular weight excluding hydrogens is 254 g/mol. The number of H-pyrrole nitrogens is 1. The number of rotatable bonds is 6. The monoisotopic (exact) mass is 269 g/mol. The van der Waals surface area contributed by atoms with E-state index in [2.05, 4.69) is 15.3 Å². The molecule has 1 unspecified atom stereocenters. The molecule has 0 saturated carbocycles. The number of hydrogen-bond donors (Lipinski definition) is 3. The van der Waals surface area contributed by atoms with Gasteiger partial charge in [-0.3, -0.25) is 4.79 Å². The first-order chi connectivity index (χ1) is 8.74. The first-order valence-corrected chi connectivity index (χ1v) is 6.42. The van der Waals surface area contributed by atoms with Gasteiger partial charge in [-0.1, -0.05) is 0 Å². The Balaban J connectivity index is 2.09. The summed E-state index contributed by atoms with van der Waals surface area (Å²) in [4.78, 5) is 18.8. The number of methoxy groups -OCH3 is 1. The van der Waals surface area contributed by atoms with Crippen LogP contribution in [-0.2, 0) is 11.3 Å².